The summed E-state index contributed by atoms with van der Waals surface area (Å²) in [6.45, 7) is 8.87. The molecule has 7 nitrogen and oxygen atoms in total. The van der Waals surface area contributed by atoms with Gasteiger partial charge in [0.15, 0.2) is 6.10 Å². The number of carbonyl (C=O) groups is 2. The molecule has 7 heteroatoms. The summed E-state index contributed by atoms with van der Waals surface area (Å²) in [5, 5.41) is 22.5. The third-order valence-electron chi connectivity index (χ3n) is 3.12. The predicted molar refractivity (Wildman–Crippen MR) is 76.7 cm³/mol. The third kappa shape index (κ3) is 8.71. The molecule has 4 N–H and O–H groups in total. The van der Waals surface area contributed by atoms with E-state index in [9.17, 15) is 9.59 Å². The number of aliphatic hydroxyl groups is 1. The molecule has 20 heavy (non-hydrogen) atoms. The fourth-order valence-electron chi connectivity index (χ4n) is 1.78. The minimum Gasteiger partial charge on any atom is -0.479 e. The van der Waals surface area contributed by atoms with Gasteiger partial charge in [-0.05, 0) is 39.4 Å². The Labute approximate surface area is 120 Å². The van der Waals surface area contributed by atoms with Gasteiger partial charge in [-0.25, -0.2) is 9.59 Å². The van der Waals surface area contributed by atoms with Crippen molar-refractivity contribution in [2.24, 2.45) is 0 Å². The number of hydrogen-bond acceptors (Lipinski definition) is 4. The van der Waals surface area contributed by atoms with Crippen LogP contribution in [0.2, 0.25) is 0 Å². The van der Waals surface area contributed by atoms with Gasteiger partial charge in [-0.2, -0.15) is 0 Å². The second-order valence-corrected chi connectivity index (χ2v) is 4.78. The van der Waals surface area contributed by atoms with Crippen molar-refractivity contribution >= 4 is 12.0 Å². The molecule has 0 bridgehead atoms. The number of carbonyl (C=O) groups excluding carboxylic acids is 1. The zero-order valence-electron chi connectivity index (χ0n) is 12.6. The van der Waals surface area contributed by atoms with E-state index in [1.165, 1.54) is 0 Å². The summed E-state index contributed by atoms with van der Waals surface area (Å²) in [6, 6.07) is -0.451. The van der Waals surface area contributed by atoms with Gasteiger partial charge >= 0.3 is 12.0 Å². The smallest absolute Gasteiger partial charge is 0.334 e. The number of urea groups is 1. The van der Waals surface area contributed by atoms with Crippen molar-refractivity contribution in [3.63, 3.8) is 0 Å². The van der Waals surface area contributed by atoms with Crippen LogP contribution in [0.4, 0.5) is 4.79 Å². The molecule has 0 aliphatic rings. The SMILES string of the molecule is CCN(CC)CCCC(C)NC(=O)NCC(O)C(=O)O. The molecule has 0 fully saturated rings. The number of rotatable bonds is 10. The maximum absolute atomic E-state index is 11.5. The first-order valence-corrected chi connectivity index (χ1v) is 7.08. The van der Waals surface area contributed by atoms with Crippen LogP contribution in [0.15, 0.2) is 0 Å². The molecule has 0 aliphatic heterocycles. The van der Waals surface area contributed by atoms with Crippen LogP contribution < -0.4 is 10.6 Å². The number of aliphatic carboxylic acids is 1. The topological polar surface area (TPSA) is 102 Å². The van der Waals surface area contributed by atoms with E-state index in [1.54, 1.807) is 0 Å². The Morgan fingerprint density at radius 1 is 1.25 bits per heavy atom. The summed E-state index contributed by atoms with van der Waals surface area (Å²) < 4.78 is 0. The minimum absolute atomic E-state index is 0.00698. The van der Waals surface area contributed by atoms with E-state index < -0.39 is 18.1 Å². The van der Waals surface area contributed by atoms with E-state index in [0.29, 0.717) is 0 Å². The van der Waals surface area contributed by atoms with E-state index in [4.69, 9.17) is 10.2 Å². The van der Waals surface area contributed by atoms with Gasteiger partial charge in [0.2, 0.25) is 0 Å². The predicted octanol–water partition coefficient (Wildman–Crippen LogP) is 0.242. The molecule has 2 unspecified atom stereocenters. The average Bonchev–Trinajstić information content (AvgIpc) is 2.40. The molecule has 118 valence electrons. The van der Waals surface area contributed by atoms with E-state index in [2.05, 4.69) is 29.4 Å². The lowest BCUT2D eigenvalue weighted by Crippen LogP contribution is -2.45. The summed E-state index contributed by atoms with van der Waals surface area (Å²) in [7, 11) is 0. The van der Waals surface area contributed by atoms with Crippen LogP contribution in [-0.2, 0) is 4.79 Å². The Kier molecular flexibility index (Phi) is 9.75. The molecule has 0 saturated heterocycles. The largest absolute Gasteiger partial charge is 0.479 e. The Hall–Kier alpha value is -1.34. The van der Waals surface area contributed by atoms with Crippen molar-refractivity contribution in [3.05, 3.63) is 0 Å². The number of nitrogens with zero attached hydrogens (tertiary/aromatic N) is 1. The summed E-state index contributed by atoms with van der Waals surface area (Å²) in [5.41, 5.74) is 0. The van der Waals surface area contributed by atoms with Crippen molar-refractivity contribution in [2.45, 2.75) is 45.8 Å². The Morgan fingerprint density at radius 2 is 1.85 bits per heavy atom. The molecule has 0 aromatic carbocycles. The molecule has 0 heterocycles. The summed E-state index contributed by atoms with van der Waals surface area (Å²) in [4.78, 5) is 24.1. The summed E-state index contributed by atoms with van der Waals surface area (Å²) in [6.07, 6.45) is 0.269. The monoisotopic (exact) mass is 289 g/mol. The van der Waals surface area contributed by atoms with Crippen LogP contribution in [-0.4, -0.2) is 65.4 Å². The van der Waals surface area contributed by atoms with Crippen molar-refractivity contribution in [1.82, 2.24) is 15.5 Å². The number of amides is 2. The number of carboxylic acid groups (broad SMARTS) is 1. The lowest BCUT2D eigenvalue weighted by Gasteiger charge is -2.20. The van der Waals surface area contributed by atoms with Crippen molar-refractivity contribution in [1.29, 1.82) is 0 Å². The zero-order chi connectivity index (χ0) is 15.5. The van der Waals surface area contributed by atoms with E-state index >= 15 is 0 Å². The zero-order valence-corrected chi connectivity index (χ0v) is 12.6. The summed E-state index contributed by atoms with van der Waals surface area (Å²) in [5.74, 6) is -1.35. The van der Waals surface area contributed by atoms with E-state index in [-0.39, 0.29) is 12.6 Å². The van der Waals surface area contributed by atoms with E-state index in [0.717, 1.165) is 32.5 Å². The minimum atomic E-state index is -1.57. The molecule has 2 atom stereocenters. The van der Waals surface area contributed by atoms with Gasteiger partial charge in [0, 0.05) is 6.04 Å². The first-order valence-electron chi connectivity index (χ1n) is 7.08. The molecule has 2 amide bonds. The Bertz CT molecular complexity index is 295. The fraction of sp³-hybridized carbons (Fsp3) is 0.846. The molecule has 0 aromatic rings. The molecular weight excluding hydrogens is 262 g/mol. The first-order chi connectivity index (χ1) is 9.40. The normalized spacial score (nSPS) is 13.8. The molecule has 0 rings (SSSR count). The molecule has 0 aliphatic carbocycles. The molecule has 0 radical (unpaired) electrons. The molecule has 0 aromatic heterocycles. The van der Waals surface area contributed by atoms with Crippen LogP contribution in [0, 0.1) is 0 Å². The lowest BCUT2D eigenvalue weighted by atomic mass is 10.2. The van der Waals surface area contributed by atoms with Gasteiger partial charge in [-0.1, -0.05) is 13.8 Å². The second kappa shape index (κ2) is 10.4. The van der Waals surface area contributed by atoms with Gasteiger partial charge in [-0.15, -0.1) is 0 Å². The quantitative estimate of drug-likeness (QED) is 0.461. The van der Waals surface area contributed by atoms with Gasteiger partial charge in [0.1, 0.15) is 0 Å². The van der Waals surface area contributed by atoms with Crippen LogP contribution in [0.5, 0.6) is 0 Å². The van der Waals surface area contributed by atoms with Gasteiger partial charge < -0.3 is 25.7 Å². The number of nitrogens with one attached hydrogen (secondary N) is 2. The van der Waals surface area contributed by atoms with Crippen molar-refractivity contribution in [3.8, 4) is 0 Å². The fourth-order valence-corrected chi connectivity index (χ4v) is 1.78. The highest BCUT2D eigenvalue weighted by molar-refractivity contribution is 5.76. The van der Waals surface area contributed by atoms with Crippen molar-refractivity contribution < 1.29 is 19.8 Å². The maximum Gasteiger partial charge on any atom is 0.334 e. The van der Waals surface area contributed by atoms with Crippen LogP contribution in [0.1, 0.15) is 33.6 Å². The second-order valence-electron chi connectivity index (χ2n) is 4.78. The lowest BCUT2D eigenvalue weighted by molar-refractivity contribution is -0.146. The number of hydrogen-bond donors (Lipinski definition) is 4. The summed E-state index contributed by atoms with van der Waals surface area (Å²) >= 11 is 0. The average molecular weight is 289 g/mol. The number of aliphatic hydroxyl groups excluding tert-OH is 1. The number of carboxylic acids is 1. The Balaban J connectivity index is 3.77. The highest BCUT2D eigenvalue weighted by atomic mass is 16.4. The van der Waals surface area contributed by atoms with Crippen molar-refractivity contribution in [2.75, 3.05) is 26.2 Å². The maximum atomic E-state index is 11.5. The van der Waals surface area contributed by atoms with Gasteiger partial charge in [0.05, 0.1) is 6.54 Å². The molecule has 0 saturated carbocycles. The first kappa shape index (κ1) is 18.7. The van der Waals surface area contributed by atoms with Crippen LogP contribution in [0.3, 0.4) is 0 Å². The molecular formula is C13H27N3O4. The third-order valence-corrected chi connectivity index (χ3v) is 3.12. The van der Waals surface area contributed by atoms with Gasteiger partial charge in [0.25, 0.3) is 0 Å². The standard InChI is InChI=1S/C13H27N3O4/c1-4-16(5-2)8-6-7-10(3)15-13(20)14-9-11(17)12(18)19/h10-11,17H,4-9H2,1-3H3,(H,18,19)(H2,14,15,20). The Morgan fingerprint density at radius 3 is 2.35 bits per heavy atom. The highest BCUT2D eigenvalue weighted by Gasteiger charge is 2.14. The van der Waals surface area contributed by atoms with Crippen LogP contribution in [0.25, 0.3) is 0 Å². The van der Waals surface area contributed by atoms with E-state index in [1.807, 2.05) is 6.92 Å². The van der Waals surface area contributed by atoms with Crippen LogP contribution >= 0.6 is 0 Å². The van der Waals surface area contributed by atoms with Gasteiger partial charge in [-0.3, -0.25) is 0 Å². The highest BCUT2D eigenvalue weighted by Crippen LogP contribution is 1.99. The molecule has 0 spiro atoms.